The molecule has 1 aliphatic rings. The number of non-ortho nitro benzene ring substituents is 1. The first-order valence-electron chi connectivity index (χ1n) is 9.09. The van der Waals surface area contributed by atoms with E-state index in [0.29, 0.717) is 29.0 Å². The van der Waals surface area contributed by atoms with Crippen LogP contribution in [0.25, 0.3) is 0 Å². The van der Waals surface area contributed by atoms with Crippen LogP contribution in [0.15, 0.2) is 36.4 Å². The highest BCUT2D eigenvalue weighted by atomic mass is 32.1. The van der Waals surface area contributed by atoms with Gasteiger partial charge in [-0.05, 0) is 54.0 Å². The van der Waals surface area contributed by atoms with E-state index in [1.807, 2.05) is 12.1 Å². The lowest BCUT2D eigenvalue weighted by Gasteiger charge is -2.38. The van der Waals surface area contributed by atoms with E-state index in [1.165, 1.54) is 12.1 Å². The molecule has 0 fully saturated rings. The number of hydrogen-bond donors (Lipinski definition) is 1. The number of fused-ring (bicyclic) bond motifs is 1. The minimum absolute atomic E-state index is 0.0233. The van der Waals surface area contributed by atoms with E-state index in [0.717, 1.165) is 24.1 Å². The van der Waals surface area contributed by atoms with Crippen molar-refractivity contribution in [3.05, 3.63) is 57.6 Å². The van der Waals surface area contributed by atoms with Crippen molar-refractivity contribution in [2.45, 2.75) is 12.5 Å². The van der Waals surface area contributed by atoms with Crippen LogP contribution in [-0.4, -0.2) is 49.4 Å². The summed E-state index contributed by atoms with van der Waals surface area (Å²) >= 11 is 5.50. The summed E-state index contributed by atoms with van der Waals surface area (Å²) in [4.78, 5) is 12.5. The lowest BCUT2D eigenvalue weighted by Crippen LogP contribution is -2.46. The highest BCUT2D eigenvalue weighted by Crippen LogP contribution is 2.38. The van der Waals surface area contributed by atoms with Crippen molar-refractivity contribution in [3.63, 3.8) is 0 Å². The molecular formula is C20H23N3O5S. The quantitative estimate of drug-likeness (QED) is 0.436. The third kappa shape index (κ3) is 4.34. The van der Waals surface area contributed by atoms with Crippen LogP contribution in [0.1, 0.15) is 17.2 Å². The minimum Gasteiger partial charge on any atom is -0.493 e. The van der Waals surface area contributed by atoms with Crippen LogP contribution in [0.2, 0.25) is 0 Å². The zero-order valence-corrected chi connectivity index (χ0v) is 17.3. The maximum Gasteiger partial charge on any atom is 0.269 e. The molecule has 1 N–H and O–H groups in total. The second kappa shape index (κ2) is 8.95. The van der Waals surface area contributed by atoms with Crippen LogP contribution < -0.4 is 19.5 Å². The van der Waals surface area contributed by atoms with E-state index in [2.05, 4.69) is 10.2 Å². The van der Waals surface area contributed by atoms with Crippen molar-refractivity contribution in [2.24, 2.45) is 0 Å². The summed E-state index contributed by atoms with van der Waals surface area (Å²) in [5.41, 5.74) is 2.22. The standard InChI is InChI=1S/C20H23N3O5S/c1-21-20(29)22-9-8-13-10-18(26-2)19(27-3)11-16(13)17(22)12-28-15-6-4-14(5-7-15)23(24)25/h4-7,10-11,17H,8-9,12H2,1-3H3,(H,21,29)/t17-/m0/s1. The van der Waals surface area contributed by atoms with Crippen molar-refractivity contribution in [3.8, 4) is 17.2 Å². The van der Waals surface area contributed by atoms with Gasteiger partial charge in [0.1, 0.15) is 12.4 Å². The van der Waals surface area contributed by atoms with Gasteiger partial charge in [-0.1, -0.05) is 0 Å². The van der Waals surface area contributed by atoms with Gasteiger partial charge in [0.2, 0.25) is 0 Å². The van der Waals surface area contributed by atoms with Crippen molar-refractivity contribution < 1.29 is 19.1 Å². The fourth-order valence-corrected chi connectivity index (χ4v) is 3.65. The number of nitro benzene ring substituents is 1. The van der Waals surface area contributed by atoms with Crippen LogP contribution in [0.3, 0.4) is 0 Å². The molecule has 3 rings (SSSR count). The summed E-state index contributed by atoms with van der Waals surface area (Å²) in [6.45, 7) is 1.05. The van der Waals surface area contributed by atoms with E-state index in [9.17, 15) is 10.1 Å². The molecule has 0 saturated heterocycles. The van der Waals surface area contributed by atoms with Gasteiger partial charge < -0.3 is 24.4 Å². The molecule has 9 heteroatoms. The summed E-state index contributed by atoms with van der Waals surface area (Å²) in [6, 6.07) is 9.85. The van der Waals surface area contributed by atoms with Gasteiger partial charge >= 0.3 is 0 Å². The lowest BCUT2D eigenvalue weighted by molar-refractivity contribution is -0.384. The second-order valence-corrected chi connectivity index (χ2v) is 6.87. The molecule has 0 saturated carbocycles. The number of nitro groups is 1. The van der Waals surface area contributed by atoms with E-state index >= 15 is 0 Å². The number of methoxy groups -OCH3 is 2. The number of hydrogen-bond acceptors (Lipinski definition) is 6. The average Bonchev–Trinajstić information content (AvgIpc) is 2.75. The summed E-state index contributed by atoms with van der Waals surface area (Å²) in [5.74, 6) is 1.88. The topological polar surface area (TPSA) is 86.1 Å². The Kier molecular flexibility index (Phi) is 6.38. The first kappa shape index (κ1) is 20.7. The van der Waals surface area contributed by atoms with Crippen molar-refractivity contribution in [1.82, 2.24) is 10.2 Å². The molecule has 0 spiro atoms. The van der Waals surface area contributed by atoms with Gasteiger partial charge in [0, 0.05) is 25.7 Å². The van der Waals surface area contributed by atoms with E-state index in [4.69, 9.17) is 26.4 Å². The Hall–Kier alpha value is -3.07. The Bertz CT molecular complexity index is 904. The first-order chi connectivity index (χ1) is 14.0. The molecule has 0 bridgehead atoms. The van der Waals surface area contributed by atoms with Crippen molar-refractivity contribution in [2.75, 3.05) is 34.4 Å². The fourth-order valence-electron chi connectivity index (χ4n) is 3.43. The van der Waals surface area contributed by atoms with Crippen LogP contribution in [0, 0.1) is 10.1 Å². The smallest absolute Gasteiger partial charge is 0.269 e. The maximum absolute atomic E-state index is 10.8. The molecule has 0 amide bonds. The first-order valence-corrected chi connectivity index (χ1v) is 9.49. The van der Waals surface area contributed by atoms with Gasteiger partial charge in [-0.25, -0.2) is 0 Å². The van der Waals surface area contributed by atoms with Gasteiger partial charge in [-0.15, -0.1) is 0 Å². The number of nitrogens with zero attached hydrogens (tertiary/aromatic N) is 2. The zero-order chi connectivity index (χ0) is 21.0. The summed E-state index contributed by atoms with van der Waals surface area (Å²) in [7, 11) is 5.01. The van der Waals surface area contributed by atoms with Gasteiger partial charge in [0.05, 0.1) is 25.2 Å². The SMILES string of the molecule is CNC(=S)N1CCc2cc(OC)c(OC)cc2[C@@H]1COc1ccc([N+](=O)[O-])cc1. The zero-order valence-electron chi connectivity index (χ0n) is 16.5. The Morgan fingerprint density at radius 3 is 2.48 bits per heavy atom. The molecule has 0 aromatic heterocycles. The highest BCUT2D eigenvalue weighted by Gasteiger charge is 2.31. The van der Waals surface area contributed by atoms with Gasteiger partial charge in [-0.2, -0.15) is 0 Å². The molecule has 0 aliphatic carbocycles. The summed E-state index contributed by atoms with van der Waals surface area (Å²) in [6.07, 6.45) is 0.811. The van der Waals surface area contributed by atoms with Gasteiger partial charge in [0.25, 0.3) is 5.69 Å². The van der Waals surface area contributed by atoms with Gasteiger partial charge in [-0.3, -0.25) is 10.1 Å². The fraction of sp³-hybridized carbons (Fsp3) is 0.350. The molecule has 0 radical (unpaired) electrons. The number of nitrogens with one attached hydrogen (secondary N) is 1. The molecule has 154 valence electrons. The minimum atomic E-state index is -0.437. The summed E-state index contributed by atoms with van der Waals surface area (Å²) < 4.78 is 16.9. The average molecular weight is 417 g/mol. The van der Waals surface area contributed by atoms with Crippen LogP contribution in [-0.2, 0) is 6.42 Å². The summed E-state index contributed by atoms with van der Waals surface area (Å²) in [5, 5.41) is 14.5. The predicted octanol–water partition coefficient (Wildman–Crippen LogP) is 3.09. The predicted molar refractivity (Wildman–Crippen MR) is 113 cm³/mol. The van der Waals surface area contributed by atoms with Crippen molar-refractivity contribution >= 4 is 23.0 Å². The Balaban J connectivity index is 1.90. The number of rotatable bonds is 6. The Morgan fingerprint density at radius 1 is 1.24 bits per heavy atom. The monoisotopic (exact) mass is 417 g/mol. The molecule has 2 aromatic carbocycles. The molecule has 0 unspecified atom stereocenters. The highest BCUT2D eigenvalue weighted by molar-refractivity contribution is 7.80. The Morgan fingerprint density at radius 2 is 1.90 bits per heavy atom. The normalized spacial score (nSPS) is 15.3. The van der Waals surface area contributed by atoms with E-state index in [1.54, 1.807) is 33.4 Å². The lowest BCUT2D eigenvalue weighted by atomic mass is 9.92. The van der Waals surface area contributed by atoms with Crippen LogP contribution in [0.4, 0.5) is 5.69 Å². The molecule has 8 nitrogen and oxygen atoms in total. The number of thiocarbonyl (C=S) groups is 1. The van der Waals surface area contributed by atoms with Gasteiger partial charge in [0.15, 0.2) is 16.6 Å². The molecule has 2 aromatic rings. The molecule has 1 heterocycles. The number of ether oxygens (including phenoxy) is 3. The van der Waals surface area contributed by atoms with Crippen molar-refractivity contribution in [1.29, 1.82) is 0 Å². The van der Waals surface area contributed by atoms with E-state index < -0.39 is 4.92 Å². The molecule has 1 atom stereocenters. The second-order valence-electron chi connectivity index (χ2n) is 6.48. The molecule has 1 aliphatic heterocycles. The largest absolute Gasteiger partial charge is 0.493 e. The number of benzene rings is 2. The Labute approximate surface area is 174 Å². The van der Waals surface area contributed by atoms with Crippen LogP contribution >= 0.6 is 12.2 Å². The third-order valence-corrected chi connectivity index (χ3v) is 5.37. The van der Waals surface area contributed by atoms with Crippen LogP contribution in [0.5, 0.6) is 17.2 Å². The molecule has 29 heavy (non-hydrogen) atoms. The third-order valence-electron chi connectivity index (χ3n) is 4.93. The maximum atomic E-state index is 10.8. The molecular weight excluding hydrogens is 394 g/mol. The van der Waals surface area contributed by atoms with E-state index in [-0.39, 0.29) is 11.7 Å².